The Labute approximate surface area is 109 Å². The van der Waals surface area contributed by atoms with Gasteiger partial charge in [-0.25, -0.2) is 9.37 Å². The lowest BCUT2D eigenvalue weighted by Gasteiger charge is -2.07. The molecule has 3 rings (SSSR count). The lowest BCUT2D eigenvalue weighted by atomic mass is 10.2. The Kier molecular flexibility index (Phi) is 2.87. The first-order valence-corrected chi connectivity index (χ1v) is 5.99. The van der Waals surface area contributed by atoms with Gasteiger partial charge in [-0.3, -0.25) is 4.68 Å². The molecule has 0 saturated carbocycles. The van der Waals surface area contributed by atoms with E-state index in [4.69, 9.17) is 0 Å². The van der Waals surface area contributed by atoms with E-state index in [0.717, 1.165) is 16.9 Å². The third-order valence-electron chi connectivity index (χ3n) is 3.03. The molecule has 0 aliphatic rings. The number of pyridine rings is 1. The van der Waals surface area contributed by atoms with E-state index >= 15 is 0 Å². The summed E-state index contributed by atoms with van der Waals surface area (Å²) >= 11 is 0. The van der Waals surface area contributed by atoms with Crippen molar-refractivity contribution in [3.05, 3.63) is 54.1 Å². The van der Waals surface area contributed by atoms with Crippen molar-refractivity contribution in [2.75, 3.05) is 5.32 Å². The van der Waals surface area contributed by atoms with Gasteiger partial charge in [0, 0.05) is 24.7 Å². The Bertz CT molecular complexity index is 720. The van der Waals surface area contributed by atoms with Crippen molar-refractivity contribution in [3.8, 4) is 0 Å². The molecule has 0 saturated heterocycles. The summed E-state index contributed by atoms with van der Waals surface area (Å²) in [6, 6.07) is 10.3. The standard InChI is InChI=1S/C14H13FN4/c1-19-12(6-7-17-19)9-16-14-5-3-10-2-4-11(15)8-13(10)18-14/h2-8H,9H2,1H3,(H,16,18). The van der Waals surface area contributed by atoms with Gasteiger partial charge in [0.25, 0.3) is 0 Å². The van der Waals surface area contributed by atoms with Crippen molar-refractivity contribution in [2.24, 2.45) is 7.05 Å². The average Bonchev–Trinajstić information content (AvgIpc) is 2.81. The summed E-state index contributed by atoms with van der Waals surface area (Å²) in [5, 5.41) is 8.23. The molecule has 0 unspecified atom stereocenters. The first kappa shape index (κ1) is 11.6. The first-order chi connectivity index (χ1) is 9.22. The fraction of sp³-hybridized carbons (Fsp3) is 0.143. The molecule has 0 amide bonds. The molecule has 0 spiro atoms. The van der Waals surface area contributed by atoms with E-state index < -0.39 is 0 Å². The van der Waals surface area contributed by atoms with Gasteiger partial charge in [-0.05, 0) is 30.3 Å². The Morgan fingerprint density at radius 1 is 1.21 bits per heavy atom. The van der Waals surface area contributed by atoms with E-state index in [1.807, 2.05) is 25.2 Å². The highest BCUT2D eigenvalue weighted by atomic mass is 19.1. The van der Waals surface area contributed by atoms with Crippen LogP contribution in [-0.4, -0.2) is 14.8 Å². The molecule has 1 N–H and O–H groups in total. The Hall–Kier alpha value is -2.43. The van der Waals surface area contributed by atoms with Gasteiger partial charge in [-0.15, -0.1) is 0 Å². The van der Waals surface area contributed by atoms with Crippen LogP contribution in [-0.2, 0) is 13.6 Å². The van der Waals surface area contributed by atoms with Crippen molar-refractivity contribution in [1.82, 2.24) is 14.8 Å². The summed E-state index contributed by atoms with van der Waals surface area (Å²) in [5.41, 5.74) is 1.70. The molecule has 4 nitrogen and oxygen atoms in total. The molecule has 0 fully saturated rings. The predicted octanol–water partition coefficient (Wildman–Crippen LogP) is 2.72. The summed E-state index contributed by atoms with van der Waals surface area (Å²) in [7, 11) is 1.89. The van der Waals surface area contributed by atoms with E-state index in [0.29, 0.717) is 12.1 Å². The minimum atomic E-state index is -0.274. The quantitative estimate of drug-likeness (QED) is 0.783. The van der Waals surface area contributed by atoms with Crippen LogP contribution in [0.25, 0.3) is 10.9 Å². The maximum Gasteiger partial charge on any atom is 0.126 e. The molecular formula is C14H13FN4. The van der Waals surface area contributed by atoms with Gasteiger partial charge < -0.3 is 5.32 Å². The third-order valence-corrected chi connectivity index (χ3v) is 3.03. The highest BCUT2D eigenvalue weighted by molar-refractivity contribution is 5.80. The van der Waals surface area contributed by atoms with Crippen LogP contribution in [0, 0.1) is 5.82 Å². The summed E-state index contributed by atoms with van der Waals surface area (Å²) in [5.74, 6) is 0.447. The minimum absolute atomic E-state index is 0.274. The zero-order chi connectivity index (χ0) is 13.2. The number of anilines is 1. The molecule has 2 aromatic heterocycles. The molecule has 0 atom stereocenters. The largest absolute Gasteiger partial charge is 0.364 e. The molecule has 2 heterocycles. The van der Waals surface area contributed by atoms with E-state index in [2.05, 4.69) is 15.4 Å². The molecule has 19 heavy (non-hydrogen) atoms. The number of nitrogens with zero attached hydrogens (tertiary/aromatic N) is 3. The molecule has 5 heteroatoms. The van der Waals surface area contributed by atoms with Crippen LogP contribution in [0.2, 0.25) is 0 Å². The molecule has 1 aromatic carbocycles. The van der Waals surface area contributed by atoms with Gasteiger partial charge >= 0.3 is 0 Å². The van der Waals surface area contributed by atoms with Gasteiger partial charge in [0.2, 0.25) is 0 Å². The number of aryl methyl sites for hydroxylation is 1. The fourth-order valence-electron chi connectivity index (χ4n) is 1.94. The van der Waals surface area contributed by atoms with Gasteiger partial charge in [0.1, 0.15) is 11.6 Å². The molecular weight excluding hydrogens is 243 g/mol. The van der Waals surface area contributed by atoms with Crippen molar-refractivity contribution < 1.29 is 4.39 Å². The molecule has 3 aromatic rings. The lowest BCUT2D eigenvalue weighted by molar-refractivity contribution is 0.629. The Balaban J connectivity index is 1.83. The second-order valence-corrected chi connectivity index (χ2v) is 4.33. The van der Waals surface area contributed by atoms with Gasteiger partial charge in [0.05, 0.1) is 17.8 Å². The van der Waals surface area contributed by atoms with Gasteiger partial charge in [-0.2, -0.15) is 5.10 Å². The normalized spacial score (nSPS) is 10.8. The number of aromatic nitrogens is 3. The molecule has 96 valence electrons. The summed E-state index contributed by atoms with van der Waals surface area (Å²) in [6.45, 7) is 0.629. The Morgan fingerprint density at radius 2 is 2.05 bits per heavy atom. The van der Waals surface area contributed by atoms with Crippen molar-refractivity contribution in [2.45, 2.75) is 6.54 Å². The zero-order valence-corrected chi connectivity index (χ0v) is 10.5. The average molecular weight is 256 g/mol. The van der Waals surface area contributed by atoms with E-state index in [1.165, 1.54) is 12.1 Å². The van der Waals surface area contributed by atoms with Crippen LogP contribution in [0.1, 0.15) is 5.69 Å². The highest BCUT2D eigenvalue weighted by Crippen LogP contribution is 2.16. The van der Waals surface area contributed by atoms with Crippen LogP contribution >= 0.6 is 0 Å². The zero-order valence-electron chi connectivity index (χ0n) is 10.5. The van der Waals surface area contributed by atoms with Gasteiger partial charge in [-0.1, -0.05) is 0 Å². The summed E-state index contributed by atoms with van der Waals surface area (Å²) in [4.78, 5) is 4.38. The molecule has 0 bridgehead atoms. The first-order valence-electron chi connectivity index (χ1n) is 5.99. The number of benzene rings is 1. The van der Waals surface area contributed by atoms with Crippen LogP contribution in [0.4, 0.5) is 10.2 Å². The van der Waals surface area contributed by atoms with E-state index in [-0.39, 0.29) is 5.82 Å². The predicted molar refractivity (Wildman–Crippen MR) is 72.2 cm³/mol. The van der Waals surface area contributed by atoms with Crippen LogP contribution in [0.15, 0.2) is 42.6 Å². The smallest absolute Gasteiger partial charge is 0.126 e. The van der Waals surface area contributed by atoms with Crippen molar-refractivity contribution in [3.63, 3.8) is 0 Å². The van der Waals surface area contributed by atoms with Crippen LogP contribution in [0.3, 0.4) is 0 Å². The second-order valence-electron chi connectivity index (χ2n) is 4.33. The highest BCUT2D eigenvalue weighted by Gasteiger charge is 2.02. The topological polar surface area (TPSA) is 42.7 Å². The number of nitrogens with one attached hydrogen (secondary N) is 1. The number of halogens is 1. The van der Waals surface area contributed by atoms with Gasteiger partial charge in [0.15, 0.2) is 0 Å². The molecule has 0 aliphatic heterocycles. The van der Waals surface area contributed by atoms with E-state index in [9.17, 15) is 4.39 Å². The number of hydrogen-bond acceptors (Lipinski definition) is 3. The SMILES string of the molecule is Cn1nccc1CNc1ccc2ccc(F)cc2n1. The monoisotopic (exact) mass is 256 g/mol. The van der Waals surface area contributed by atoms with Crippen molar-refractivity contribution in [1.29, 1.82) is 0 Å². The van der Waals surface area contributed by atoms with Crippen LogP contribution < -0.4 is 5.32 Å². The number of rotatable bonds is 3. The molecule has 0 aliphatic carbocycles. The minimum Gasteiger partial charge on any atom is -0.364 e. The molecule has 0 radical (unpaired) electrons. The number of fused-ring (bicyclic) bond motifs is 1. The fourth-order valence-corrected chi connectivity index (χ4v) is 1.94. The van der Waals surface area contributed by atoms with Crippen molar-refractivity contribution >= 4 is 16.7 Å². The van der Waals surface area contributed by atoms with Crippen LogP contribution in [0.5, 0.6) is 0 Å². The third kappa shape index (κ3) is 2.40. The summed E-state index contributed by atoms with van der Waals surface area (Å²) in [6.07, 6.45) is 1.75. The van der Waals surface area contributed by atoms with E-state index in [1.54, 1.807) is 16.9 Å². The second kappa shape index (κ2) is 4.68. The maximum absolute atomic E-state index is 13.2. The maximum atomic E-state index is 13.2. The lowest BCUT2D eigenvalue weighted by Crippen LogP contribution is -2.06. The number of hydrogen-bond donors (Lipinski definition) is 1. The Morgan fingerprint density at radius 3 is 2.84 bits per heavy atom. The summed E-state index contributed by atoms with van der Waals surface area (Å²) < 4.78 is 15.0.